The fraction of sp³-hybridized carbons (Fsp3) is 0.333. The van der Waals surface area contributed by atoms with E-state index in [1.807, 2.05) is 0 Å². The number of sulfonamides is 1. The molecule has 2 aromatic carbocycles. The minimum Gasteiger partial charge on any atom is -0.329 e. The number of piperazine rings is 1. The highest BCUT2D eigenvalue weighted by atomic mass is 32.2. The van der Waals surface area contributed by atoms with Gasteiger partial charge in [-0.25, -0.2) is 8.42 Å². The Hall–Kier alpha value is -1.90. The van der Waals surface area contributed by atoms with Crippen LogP contribution in [-0.4, -0.2) is 38.9 Å². The molecule has 0 aliphatic carbocycles. The van der Waals surface area contributed by atoms with E-state index in [2.05, 4.69) is 0 Å². The summed E-state index contributed by atoms with van der Waals surface area (Å²) in [6.07, 6.45) is -4.38. The third kappa shape index (κ3) is 4.08. The van der Waals surface area contributed by atoms with E-state index >= 15 is 0 Å². The first-order chi connectivity index (χ1) is 12.3. The van der Waals surface area contributed by atoms with Crippen molar-refractivity contribution in [3.8, 4) is 0 Å². The molecular formula is C18H20F3N2O2S+. The van der Waals surface area contributed by atoms with Crippen LogP contribution in [0.5, 0.6) is 0 Å². The molecule has 1 aliphatic rings. The standard InChI is InChI=1S/C18H19F3N2O2S/c19-18(20,21)17-9-5-4-6-15(17)14-22-10-12-23(13-11-22)26(24,25)16-7-2-1-3-8-16/h1-9H,10-14H2/p+1. The molecule has 140 valence electrons. The van der Waals surface area contributed by atoms with Crippen molar-refractivity contribution in [2.24, 2.45) is 0 Å². The minimum atomic E-state index is -4.38. The van der Waals surface area contributed by atoms with Crippen molar-refractivity contribution in [1.82, 2.24) is 4.31 Å². The van der Waals surface area contributed by atoms with Gasteiger partial charge in [0.2, 0.25) is 10.0 Å². The fourth-order valence-electron chi connectivity index (χ4n) is 3.18. The van der Waals surface area contributed by atoms with Crippen LogP contribution in [0, 0.1) is 0 Å². The first kappa shape index (κ1) is 18.9. The summed E-state index contributed by atoms with van der Waals surface area (Å²) in [6.45, 7) is 1.76. The quantitative estimate of drug-likeness (QED) is 0.872. The molecular weight excluding hydrogens is 365 g/mol. The van der Waals surface area contributed by atoms with Crippen LogP contribution in [0.3, 0.4) is 0 Å². The summed E-state index contributed by atoms with van der Waals surface area (Å²) in [7, 11) is -3.55. The Morgan fingerprint density at radius 3 is 2.12 bits per heavy atom. The summed E-state index contributed by atoms with van der Waals surface area (Å²) >= 11 is 0. The molecule has 0 bridgehead atoms. The van der Waals surface area contributed by atoms with E-state index < -0.39 is 21.8 Å². The van der Waals surface area contributed by atoms with Crippen LogP contribution in [-0.2, 0) is 22.7 Å². The maximum absolute atomic E-state index is 13.1. The summed E-state index contributed by atoms with van der Waals surface area (Å²) in [5.74, 6) is 0. The highest BCUT2D eigenvalue weighted by molar-refractivity contribution is 7.89. The van der Waals surface area contributed by atoms with Crippen LogP contribution in [0.4, 0.5) is 13.2 Å². The molecule has 0 unspecified atom stereocenters. The average Bonchev–Trinajstić information content (AvgIpc) is 2.62. The number of halogens is 3. The monoisotopic (exact) mass is 385 g/mol. The molecule has 4 nitrogen and oxygen atoms in total. The van der Waals surface area contributed by atoms with Crippen molar-refractivity contribution in [2.45, 2.75) is 17.6 Å². The predicted molar refractivity (Wildman–Crippen MR) is 91.0 cm³/mol. The van der Waals surface area contributed by atoms with Gasteiger partial charge in [-0.3, -0.25) is 0 Å². The van der Waals surface area contributed by atoms with Gasteiger partial charge >= 0.3 is 6.18 Å². The van der Waals surface area contributed by atoms with Crippen LogP contribution in [0.2, 0.25) is 0 Å². The van der Waals surface area contributed by atoms with Gasteiger partial charge in [-0.05, 0) is 18.2 Å². The number of nitrogens with one attached hydrogen (secondary N) is 1. The maximum Gasteiger partial charge on any atom is 0.416 e. The molecule has 1 heterocycles. The number of quaternary nitrogens is 1. The summed E-state index contributed by atoms with van der Waals surface area (Å²) in [5, 5.41) is 0. The van der Waals surface area contributed by atoms with Gasteiger partial charge < -0.3 is 4.90 Å². The molecule has 1 N–H and O–H groups in total. The second-order valence-corrected chi connectivity index (χ2v) is 8.24. The molecule has 8 heteroatoms. The van der Waals surface area contributed by atoms with Crippen LogP contribution >= 0.6 is 0 Å². The Balaban J connectivity index is 1.67. The van der Waals surface area contributed by atoms with Crippen molar-refractivity contribution in [2.75, 3.05) is 26.2 Å². The second kappa shape index (κ2) is 7.38. The predicted octanol–water partition coefficient (Wildman–Crippen LogP) is 1.79. The SMILES string of the molecule is O=S(=O)(c1ccccc1)N1CC[NH+](Cc2ccccc2C(F)(F)F)CC1. The van der Waals surface area contributed by atoms with Gasteiger partial charge in [-0.15, -0.1) is 0 Å². The number of nitrogens with zero attached hydrogens (tertiary/aromatic N) is 1. The summed E-state index contributed by atoms with van der Waals surface area (Å²) < 4.78 is 66.0. The topological polar surface area (TPSA) is 41.8 Å². The lowest BCUT2D eigenvalue weighted by atomic mass is 10.1. The normalized spacial score (nSPS) is 17.3. The molecule has 0 spiro atoms. The molecule has 26 heavy (non-hydrogen) atoms. The van der Waals surface area contributed by atoms with Gasteiger partial charge in [0.15, 0.2) is 0 Å². The van der Waals surface area contributed by atoms with E-state index in [9.17, 15) is 21.6 Å². The third-order valence-electron chi connectivity index (χ3n) is 4.57. The Kier molecular flexibility index (Phi) is 5.36. The Morgan fingerprint density at radius 2 is 1.50 bits per heavy atom. The van der Waals surface area contributed by atoms with Gasteiger partial charge in [0, 0.05) is 5.56 Å². The zero-order chi connectivity index (χ0) is 18.8. The number of alkyl halides is 3. The summed E-state index contributed by atoms with van der Waals surface area (Å²) in [6, 6.07) is 13.7. The van der Waals surface area contributed by atoms with Gasteiger partial charge in [-0.2, -0.15) is 17.5 Å². The van der Waals surface area contributed by atoms with Crippen molar-refractivity contribution in [1.29, 1.82) is 0 Å². The molecule has 0 aromatic heterocycles. The molecule has 2 aromatic rings. The lowest BCUT2D eigenvalue weighted by Gasteiger charge is -2.32. The molecule has 0 saturated carbocycles. The number of rotatable bonds is 4. The van der Waals surface area contributed by atoms with Crippen LogP contribution in [0.15, 0.2) is 59.5 Å². The smallest absolute Gasteiger partial charge is 0.329 e. The first-order valence-corrected chi connectivity index (χ1v) is 9.76. The zero-order valence-electron chi connectivity index (χ0n) is 14.0. The largest absolute Gasteiger partial charge is 0.416 e. The maximum atomic E-state index is 13.1. The van der Waals surface area contributed by atoms with Crippen LogP contribution < -0.4 is 4.90 Å². The first-order valence-electron chi connectivity index (χ1n) is 8.32. The Morgan fingerprint density at radius 1 is 0.923 bits per heavy atom. The van der Waals surface area contributed by atoms with Crippen molar-refractivity contribution < 1.29 is 26.5 Å². The van der Waals surface area contributed by atoms with Gasteiger partial charge in [0.25, 0.3) is 0 Å². The Bertz CT molecular complexity index is 846. The van der Waals surface area contributed by atoms with Crippen LogP contribution in [0.25, 0.3) is 0 Å². The van der Waals surface area contributed by atoms with E-state index in [4.69, 9.17) is 0 Å². The van der Waals surface area contributed by atoms with Crippen molar-refractivity contribution in [3.63, 3.8) is 0 Å². The molecule has 1 saturated heterocycles. The number of hydrogen-bond acceptors (Lipinski definition) is 2. The molecule has 0 amide bonds. The van der Waals surface area contributed by atoms with E-state index in [0.29, 0.717) is 26.2 Å². The van der Waals surface area contributed by atoms with Gasteiger partial charge in [-0.1, -0.05) is 36.4 Å². The van der Waals surface area contributed by atoms with E-state index in [1.54, 1.807) is 36.4 Å². The summed E-state index contributed by atoms with van der Waals surface area (Å²) in [5.41, 5.74) is -0.374. The molecule has 0 atom stereocenters. The Labute approximate surface area is 150 Å². The highest BCUT2D eigenvalue weighted by Gasteiger charge is 2.35. The summed E-state index contributed by atoms with van der Waals surface area (Å²) in [4.78, 5) is 1.19. The molecule has 0 radical (unpaired) electrons. The highest BCUT2D eigenvalue weighted by Crippen LogP contribution is 2.31. The fourth-order valence-corrected chi connectivity index (χ4v) is 4.64. The molecule has 1 fully saturated rings. The van der Waals surface area contributed by atoms with E-state index in [1.165, 1.54) is 16.4 Å². The molecule has 1 aliphatic heterocycles. The minimum absolute atomic E-state index is 0.231. The van der Waals surface area contributed by atoms with E-state index in [-0.39, 0.29) is 17.0 Å². The number of hydrogen-bond donors (Lipinski definition) is 1. The van der Waals surface area contributed by atoms with Crippen LogP contribution in [0.1, 0.15) is 11.1 Å². The lowest BCUT2D eigenvalue weighted by molar-refractivity contribution is -0.917. The van der Waals surface area contributed by atoms with Crippen molar-refractivity contribution >= 4 is 10.0 Å². The van der Waals surface area contributed by atoms with Gasteiger partial charge in [0.1, 0.15) is 6.54 Å². The lowest BCUT2D eigenvalue weighted by Crippen LogP contribution is -3.13. The zero-order valence-corrected chi connectivity index (χ0v) is 14.9. The second-order valence-electron chi connectivity index (χ2n) is 6.30. The van der Waals surface area contributed by atoms with Crippen molar-refractivity contribution in [3.05, 3.63) is 65.7 Å². The van der Waals surface area contributed by atoms with Gasteiger partial charge in [0.05, 0.1) is 36.6 Å². The number of benzene rings is 2. The average molecular weight is 385 g/mol. The molecule has 3 rings (SSSR count). The third-order valence-corrected chi connectivity index (χ3v) is 6.49. The van der Waals surface area contributed by atoms with E-state index in [0.717, 1.165) is 11.0 Å².